The maximum atomic E-state index is 13.4. The summed E-state index contributed by atoms with van der Waals surface area (Å²) in [5.74, 6) is -1.24. The highest BCUT2D eigenvalue weighted by molar-refractivity contribution is 5.73. The quantitative estimate of drug-likeness (QED) is 0.729. The predicted octanol–water partition coefficient (Wildman–Crippen LogP) is 2.93. The van der Waals surface area contributed by atoms with Gasteiger partial charge in [0.05, 0.1) is 6.10 Å². The lowest BCUT2D eigenvalue weighted by Gasteiger charge is -2.12. The van der Waals surface area contributed by atoms with Gasteiger partial charge in [0.25, 0.3) is 0 Å². The Balaban J connectivity index is 1.67. The predicted molar refractivity (Wildman–Crippen MR) is 87.5 cm³/mol. The van der Waals surface area contributed by atoms with Gasteiger partial charge in [-0.3, -0.25) is 0 Å². The molecule has 3 N–H and O–H groups in total. The van der Waals surface area contributed by atoms with Gasteiger partial charge in [0, 0.05) is 18.7 Å². The van der Waals surface area contributed by atoms with E-state index in [1.54, 1.807) is 0 Å². The van der Waals surface area contributed by atoms with Gasteiger partial charge in [0.15, 0.2) is 0 Å². The minimum atomic E-state index is -0.654. The van der Waals surface area contributed by atoms with Crippen LogP contribution in [0.3, 0.4) is 0 Å². The minimum absolute atomic E-state index is 0.0442. The van der Waals surface area contributed by atoms with Crippen LogP contribution in [0.4, 0.5) is 13.6 Å². The van der Waals surface area contributed by atoms with E-state index in [2.05, 4.69) is 10.6 Å². The van der Waals surface area contributed by atoms with E-state index in [9.17, 15) is 18.7 Å². The Labute approximate surface area is 139 Å². The van der Waals surface area contributed by atoms with Crippen LogP contribution in [-0.2, 0) is 6.42 Å². The maximum Gasteiger partial charge on any atom is 0.314 e. The summed E-state index contributed by atoms with van der Waals surface area (Å²) in [5, 5.41) is 15.1. The van der Waals surface area contributed by atoms with E-state index < -0.39 is 23.8 Å². The van der Waals surface area contributed by atoms with E-state index in [-0.39, 0.29) is 25.1 Å². The molecule has 24 heavy (non-hydrogen) atoms. The van der Waals surface area contributed by atoms with Crippen molar-refractivity contribution in [3.8, 4) is 0 Å². The summed E-state index contributed by atoms with van der Waals surface area (Å²) < 4.78 is 26.9. The van der Waals surface area contributed by atoms with Crippen molar-refractivity contribution in [2.75, 3.05) is 13.1 Å². The summed E-state index contributed by atoms with van der Waals surface area (Å²) >= 11 is 0. The first kappa shape index (κ1) is 17.9. The lowest BCUT2D eigenvalue weighted by Crippen LogP contribution is -2.37. The molecule has 0 heterocycles. The highest BCUT2D eigenvalue weighted by atomic mass is 19.1. The second-order valence-corrected chi connectivity index (χ2v) is 5.35. The van der Waals surface area contributed by atoms with Crippen LogP contribution in [-0.4, -0.2) is 24.2 Å². The van der Waals surface area contributed by atoms with Gasteiger partial charge in [0.2, 0.25) is 0 Å². The van der Waals surface area contributed by atoms with Crippen molar-refractivity contribution in [1.29, 1.82) is 0 Å². The number of aliphatic hydroxyl groups excluding tert-OH is 1. The van der Waals surface area contributed by atoms with Gasteiger partial charge in [-0.2, -0.15) is 0 Å². The Morgan fingerprint density at radius 2 is 1.58 bits per heavy atom. The first-order chi connectivity index (χ1) is 11.6. The van der Waals surface area contributed by atoms with E-state index >= 15 is 0 Å². The van der Waals surface area contributed by atoms with Gasteiger partial charge in [-0.05, 0) is 30.5 Å². The van der Waals surface area contributed by atoms with Crippen molar-refractivity contribution < 1.29 is 18.7 Å². The largest absolute Gasteiger partial charge is 0.388 e. The molecule has 0 saturated carbocycles. The van der Waals surface area contributed by atoms with Crippen LogP contribution in [0, 0.1) is 11.6 Å². The number of aliphatic hydroxyl groups is 1. The fourth-order valence-electron chi connectivity index (χ4n) is 2.30. The molecule has 0 spiro atoms. The molecule has 6 heteroatoms. The lowest BCUT2D eigenvalue weighted by atomic mass is 10.1. The average molecular weight is 334 g/mol. The molecule has 0 aromatic heterocycles. The van der Waals surface area contributed by atoms with Crippen LogP contribution in [0.15, 0.2) is 48.5 Å². The molecule has 4 nitrogen and oxygen atoms in total. The maximum absolute atomic E-state index is 13.4. The van der Waals surface area contributed by atoms with Gasteiger partial charge >= 0.3 is 6.03 Å². The summed E-state index contributed by atoms with van der Waals surface area (Å²) in [6, 6.07) is 12.4. The second kappa shape index (κ2) is 8.98. The zero-order valence-corrected chi connectivity index (χ0v) is 13.1. The molecule has 0 aliphatic carbocycles. The fraction of sp³-hybridized carbons (Fsp3) is 0.278. The number of benzene rings is 2. The summed E-state index contributed by atoms with van der Waals surface area (Å²) in [7, 11) is 0. The minimum Gasteiger partial charge on any atom is -0.388 e. The molecule has 1 atom stereocenters. The zero-order chi connectivity index (χ0) is 17.4. The van der Waals surface area contributed by atoms with E-state index in [0.29, 0.717) is 6.42 Å². The molecule has 0 radical (unpaired) electrons. The number of rotatable bonds is 7. The van der Waals surface area contributed by atoms with E-state index in [4.69, 9.17) is 0 Å². The number of nitrogens with one attached hydrogen (secondary N) is 2. The molecule has 0 bridgehead atoms. The van der Waals surface area contributed by atoms with E-state index in [1.807, 2.05) is 30.3 Å². The monoisotopic (exact) mass is 334 g/mol. The lowest BCUT2D eigenvalue weighted by molar-refractivity contribution is 0.167. The van der Waals surface area contributed by atoms with Crippen molar-refractivity contribution >= 4 is 6.03 Å². The Morgan fingerprint density at radius 1 is 0.958 bits per heavy atom. The highest BCUT2D eigenvalue weighted by Crippen LogP contribution is 2.15. The van der Waals surface area contributed by atoms with Crippen LogP contribution < -0.4 is 10.6 Å². The topological polar surface area (TPSA) is 61.4 Å². The second-order valence-electron chi connectivity index (χ2n) is 5.35. The molecule has 2 aromatic carbocycles. The van der Waals surface area contributed by atoms with Crippen molar-refractivity contribution in [1.82, 2.24) is 10.6 Å². The molecule has 0 aliphatic heterocycles. The Kier molecular flexibility index (Phi) is 6.69. The number of halogens is 2. The number of urea groups is 1. The van der Waals surface area contributed by atoms with Gasteiger partial charge in [-0.15, -0.1) is 0 Å². The molecule has 0 fully saturated rings. The van der Waals surface area contributed by atoms with Crippen LogP contribution >= 0.6 is 0 Å². The number of amides is 2. The summed E-state index contributed by atoms with van der Waals surface area (Å²) in [6.07, 6.45) is -0.211. The summed E-state index contributed by atoms with van der Waals surface area (Å²) in [5.41, 5.74) is 0.743. The van der Waals surface area contributed by atoms with Crippen LogP contribution in [0.25, 0.3) is 0 Å². The Morgan fingerprint density at radius 3 is 2.25 bits per heavy atom. The van der Waals surface area contributed by atoms with Crippen molar-refractivity contribution in [3.63, 3.8) is 0 Å². The van der Waals surface area contributed by atoms with Crippen LogP contribution in [0.5, 0.6) is 0 Å². The van der Waals surface area contributed by atoms with Crippen molar-refractivity contribution in [3.05, 3.63) is 71.3 Å². The van der Waals surface area contributed by atoms with Gasteiger partial charge < -0.3 is 15.7 Å². The summed E-state index contributed by atoms with van der Waals surface area (Å²) in [4.78, 5) is 11.6. The SMILES string of the molecule is O=C(NCCc1c(F)cccc1F)NCCC(O)c1ccccc1. The molecule has 2 amide bonds. The van der Waals surface area contributed by atoms with E-state index in [0.717, 1.165) is 5.56 Å². The smallest absolute Gasteiger partial charge is 0.314 e. The van der Waals surface area contributed by atoms with Crippen molar-refractivity contribution in [2.45, 2.75) is 18.9 Å². The molecule has 0 saturated heterocycles. The molecular weight excluding hydrogens is 314 g/mol. The summed E-state index contributed by atoms with van der Waals surface area (Å²) in [6.45, 7) is 0.404. The van der Waals surface area contributed by atoms with Gasteiger partial charge in [0.1, 0.15) is 11.6 Å². The molecule has 0 aliphatic rings. The van der Waals surface area contributed by atoms with Gasteiger partial charge in [-0.25, -0.2) is 13.6 Å². The van der Waals surface area contributed by atoms with Crippen molar-refractivity contribution in [2.24, 2.45) is 0 Å². The molecule has 2 rings (SSSR count). The molecular formula is C18H20F2N2O2. The third kappa shape index (κ3) is 5.31. The third-order valence-electron chi connectivity index (χ3n) is 3.61. The van der Waals surface area contributed by atoms with Crippen LogP contribution in [0.1, 0.15) is 23.7 Å². The van der Waals surface area contributed by atoms with Crippen LogP contribution in [0.2, 0.25) is 0 Å². The Bertz CT molecular complexity index is 645. The Hall–Kier alpha value is -2.47. The third-order valence-corrected chi connectivity index (χ3v) is 3.61. The fourth-order valence-corrected chi connectivity index (χ4v) is 2.30. The number of hydrogen-bond donors (Lipinski definition) is 3. The molecule has 2 aromatic rings. The number of carbonyl (C=O) groups excluding carboxylic acids is 1. The molecule has 128 valence electrons. The van der Waals surface area contributed by atoms with Gasteiger partial charge in [-0.1, -0.05) is 36.4 Å². The first-order valence-corrected chi connectivity index (χ1v) is 7.75. The normalized spacial score (nSPS) is 11.8. The zero-order valence-electron chi connectivity index (χ0n) is 13.1. The first-order valence-electron chi connectivity index (χ1n) is 7.75. The average Bonchev–Trinajstić information content (AvgIpc) is 2.58. The highest BCUT2D eigenvalue weighted by Gasteiger charge is 2.10. The molecule has 1 unspecified atom stereocenters. The number of hydrogen-bond acceptors (Lipinski definition) is 2. The standard InChI is InChI=1S/C18H20F2N2O2/c19-15-7-4-8-16(20)14(15)9-11-21-18(24)22-12-10-17(23)13-5-2-1-3-6-13/h1-8,17,23H,9-12H2,(H2,21,22,24). The van der Waals surface area contributed by atoms with E-state index in [1.165, 1.54) is 18.2 Å². The number of carbonyl (C=O) groups is 1.